The van der Waals surface area contributed by atoms with Crippen molar-refractivity contribution >= 4 is 0 Å². The van der Waals surface area contributed by atoms with Crippen LogP contribution < -0.4 is 4.74 Å². The van der Waals surface area contributed by atoms with E-state index in [9.17, 15) is 0 Å². The first-order valence-electron chi connectivity index (χ1n) is 10.2. The van der Waals surface area contributed by atoms with E-state index in [0.29, 0.717) is 26.1 Å². The van der Waals surface area contributed by atoms with Gasteiger partial charge >= 0.3 is 0 Å². The maximum atomic E-state index is 9.11. The van der Waals surface area contributed by atoms with Gasteiger partial charge in [-0.2, -0.15) is 10.4 Å². The quantitative estimate of drug-likeness (QED) is 0.384. The smallest absolute Gasteiger partial charge is 0.118 e. The molecule has 156 valence electrons. The molecule has 6 heteroatoms. The molecule has 0 fully saturated rings. The van der Waals surface area contributed by atoms with E-state index in [4.69, 9.17) is 19.5 Å². The standard InChI is InChI=1S/C25H24N4O2/c1-30-23-12-10-20(11-13-23)25-21(18-29(27-25)22-7-3-2-4-8-22)17-28(15-6-14-26)19-24-9-5-16-31-24/h2-5,7-13,16,18H,6,15,17,19H2,1H3. The number of nitriles is 1. The average Bonchev–Trinajstić information content (AvgIpc) is 3.48. The molecule has 2 aromatic carbocycles. The fourth-order valence-corrected chi connectivity index (χ4v) is 3.52. The lowest BCUT2D eigenvalue weighted by molar-refractivity contribution is 0.241. The molecule has 2 heterocycles. The molecule has 31 heavy (non-hydrogen) atoms. The predicted octanol–water partition coefficient (Wildman–Crippen LogP) is 5.06. The van der Waals surface area contributed by atoms with Crippen LogP contribution in [0.5, 0.6) is 5.75 Å². The summed E-state index contributed by atoms with van der Waals surface area (Å²) in [5.41, 5.74) is 4.01. The van der Waals surface area contributed by atoms with E-state index in [0.717, 1.165) is 34.0 Å². The third-order valence-electron chi connectivity index (χ3n) is 5.07. The van der Waals surface area contributed by atoms with Crippen LogP contribution in [0.3, 0.4) is 0 Å². The number of aromatic nitrogens is 2. The molecule has 0 saturated carbocycles. The minimum Gasteiger partial charge on any atom is -0.497 e. The summed E-state index contributed by atoms with van der Waals surface area (Å²) in [6.45, 7) is 1.93. The lowest BCUT2D eigenvalue weighted by atomic mass is 10.1. The second-order valence-corrected chi connectivity index (χ2v) is 7.21. The minimum atomic E-state index is 0.450. The summed E-state index contributed by atoms with van der Waals surface area (Å²) in [5, 5.41) is 14.0. The summed E-state index contributed by atoms with van der Waals surface area (Å²) < 4.78 is 12.7. The topological polar surface area (TPSA) is 67.2 Å². The molecular weight excluding hydrogens is 388 g/mol. The largest absolute Gasteiger partial charge is 0.497 e. The Hall–Kier alpha value is -3.82. The lowest BCUT2D eigenvalue weighted by Gasteiger charge is -2.19. The average molecular weight is 412 g/mol. The van der Waals surface area contributed by atoms with E-state index in [1.54, 1.807) is 13.4 Å². The summed E-state index contributed by atoms with van der Waals surface area (Å²) >= 11 is 0. The van der Waals surface area contributed by atoms with Gasteiger partial charge in [0.15, 0.2) is 0 Å². The number of benzene rings is 2. The second kappa shape index (κ2) is 9.79. The number of ether oxygens (including phenoxy) is 1. The fraction of sp³-hybridized carbons (Fsp3) is 0.200. The van der Waals surface area contributed by atoms with Gasteiger partial charge in [0.25, 0.3) is 0 Å². The van der Waals surface area contributed by atoms with Crippen LogP contribution in [0.25, 0.3) is 16.9 Å². The van der Waals surface area contributed by atoms with E-state index in [-0.39, 0.29) is 0 Å². The highest BCUT2D eigenvalue weighted by atomic mass is 16.5. The van der Waals surface area contributed by atoms with Gasteiger partial charge in [-0.15, -0.1) is 0 Å². The molecule has 0 bridgehead atoms. The number of furan rings is 1. The number of hydrogen-bond donors (Lipinski definition) is 0. The first-order chi connectivity index (χ1) is 15.3. The molecule has 4 rings (SSSR count). The Kier molecular flexibility index (Phi) is 6.46. The van der Waals surface area contributed by atoms with Crippen molar-refractivity contribution in [2.75, 3.05) is 13.7 Å². The van der Waals surface area contributed by atoms with Crippen LogP contribution in [0.1, 0.15) is 17.7 Å². The highest BCUT2D eigenvalue weighted by Crippen LogP contribution is 2.27. The SMILES string of the molecule is COc1ccc(-c2nn(-c3ccccc3)cc2CN(CCC#N)Cc2ccco2)cc1. The molecule has 0 spiro atoms. The van der Waals surface area contributed by atoms with E-state index in [2.05, 4.69) is 17.2 Å². The molecular formula is C25H24N4O2. The van der Waals surface area contributed by atoms with Crippen LogP contribution in [0.15, 0.2) is 83.6 Å². The summed E-state index contributed by atoms with van der Waals surface area (Å²) in [4.78, 5) is 2.21. The third kappa shape index (κ3) is 5.03. The molecule has 2 aromatic heterocycles. The van der Waals surface area contributed by atoms with Crippen LogP contribution >= 0.6 is 0 Å². The van der Waals surface area contributed by atoms with Crippen LogP contribution in [0, 0.1) is 11.3 Å². The monoisotopic (exact) mass is 412 g/mol. The van der Waals surface area contributed by atoms with Crippen molar-refractivity contribution in [3.8, 4) is 28.8 Å². The molecule has 0 aliphatic rings. The molecule has 0 saturated heterocycles. The number of hydrogen-bond acceptors (Lipinski definition) is 5. The second-order valence-electron chi connectivity index (χ2n) is 7.21. The maximum Gasteiger partial charge on any atom is 0.118 e. The molecule has 0 unspecified atom stereocenters. The number of rotatable bonds is 9. The van der Waals surface area contributed by atoms with E-state index >= 15 is 0 Å². The molecule has 0 aliphatic carbocycles. The Morgan fingerprint density at radius 1 is 1.03 bits per heavy atom. The summed E-state index contributed by atoms with van der Waals surface area (Å²) in [6.07, 6.45) is 4.19. The van der Waals surface area contributed by atoms with Gasteiger partial charge in [0.1, 0.15) is 11.5 Å². The van der Waals surface area contributed by atoms with Gasteiger partial charge in [-0.1, -0.05) is 18.2 Å². The Morgan fingerprint density at radius 2 is 1.84 bits per heavy atom. The summed E-state index contributed by atoms with van der Waals surface area (Å²) in [5.74, 6) is 1.68. The van der Waals surface area contributed by atoms with Crippen molar-refractivity contribution < 1.29 is 9.15 Å². The van der Waals surface area contributed by atoms with Crippen molar-refractivity contribution in [2.24, 2.45) is 0 Å². The molecule has 0 radical (unpaired) electrons. The van der Waals surface area contributed by atoms with Crippen LogP contribution in [0.2, 0.25) is 0 Å². The summed E-state index contributed by atoms with van der Waals surface area (Å²) in [7, 11) is 1.66. The van der Waals surface area contributed by atoms with E-state index in [1.807, 2.05) is 71.4 Å². The fourth-order valence-electron chi connectivity index (χ4n) is 3.52. The van der Waals surface area contributed by atoms with Gasteiger partial charge in [-0.25, -0.2) is 4.68 Å². The molecule has 0 aliphatic heterocycles. The van der Waals surface area contributed by atoms with Crippen molar-refractivity contribution in [3.63, 3.8) is 0 Å². The number of methoxy groups -OCH3 is 1. The van der Waals surface area contributed by atoms with Crippen LogP contribution in [-0.4, -0.2) is 28.3 Å². The number of para-hydroxylation sites is 1. The number of nitrogens with zero attached hydrogens (tertiary/aromatic N) is 4. The van der Waals surface area contributed by atoms with Gasteiger partial charge in [0.2, 0.25) is 0 Å². The molecule has 4 aromatic rings. The Labute approximate surface area is 181 Å². The third-order valence-corrected chi connectivity index (χ3v) is 5.07. The molecule has 0 atom stereocenters. The van der Waals surface area contributed by atoms with Gasteiger partial charge in [-0.05, 0) is 48.5 Å². The van der Waals surface area contributed by atoms with Crippen molar-refractivity contribution in [3.05, 3.63) is 90.5 Å². The highest BCUT2D eigenvalue weighted by molar-refractivity contribution is 5.64. The zero-order chi connectivity index (χ0) is 21.5. The Bertz CT molecular complexity index is 1130. The lowest BCUT2D eigenvalue weighted by Crippen LogP contribution is -2.23. The maximum absolute atomic E-state index is 9.11. The van der Waals surface area contributed by atoms with E-state index in [1.165, 1.54) is 0 Å². The predicted molar refractivity (Wildman–Crippen MR) is 119 cm³/mol. The van der Waals surface area contributed by atoms with E-state index < -0.39 is 0 Å². The zero-order valence-electron chi connectivity index (χ0n) is 17.4. The minimum absolute atomic E-state index is 0.450. The van der Waals surface area contributed by atoms with Gasteiger partial charge in [0.05, 0.1) is 37.4 Å². The Balaban J connectivity index is 1.69. The normalized spacial score (nSPS) is 10.9. The first-order valence-corrected chi connectivity index (χ1v) is 10.2. The van der Waals surface area contributed by atoms with Crippen molar-refractivity contribution in [1.29, 1.82) is 5.26 Å². The first kappa shape index (κ1) is 20.5. The van der Waals surface area contributed by atoms with Gasteiger partial charge in [0, 0.05) is 36.8 Å². The van der Waals surface area contributed by atoms with Crippen LogP contribution in [-0.2, 0) is 13.1 Å². The summed E-state index contributed by atoms with van der Waals surface area (Å²) in [6, 6.07) is 24.1. The molecule has 6 nitrogen and oxygen atoms in total. The van der Waals surface area contributed by atoms with Crippen LogP contribution in [0.4, 0.5) is 0 Å². The van der Waals surface area contributed by atoms with Crippen molar-refractivity contribution in [1.82, 2.24) is 14.7 Å². The molecule has 0 amide bonds. The Morgan fingerprint density at radius 3 is 2.52 bits per heavy atom. The van der Waals surface area contributed by atoms with Crippen molar-refractivity contribution in [2.45, 2.75) is 19.5 Å². The van der Waals surface area contributed by atoms with Gasteiger partial charge < -0.3 is 9.15 Å². The van der Waals surface area contributed by atoms with Gasteiger partial charge in [-0.3, -0.25) is 4.90 Å². The zero-order valence-corrected chi connectivity index (χ0v) is 17.4. The molecule has 0 N–H and O–H groups in total. The highest BCUT2D eigenvalue weighted by Gasteiger charge is 2.17.